The second-order valence-electron chi connectivity index (χ2n) is 7.19. The zero-order valence-electron chi connectivity index (χ0n) is 16.7. The third kappa shape index (κ3) is 3.07. The van der Waals surface area contributed by atoms with Gasteiger partial charge in [-0.3, -0.25) is 9.36 Å². The molecule has 4 aromatic heterocycles. The van der Waals surface area contributed by atoms with Crippen molar-refractivity contribution in [2.24, 2.45) is 0 Å². The van der Waals surface area contributed by atoms with E-state index in [-0.39, 0.29) is 12.1 Å². The largest absolute Gasteiger partial charge is 0.383 e. The lowest BCUT2D eigenvalue weighted by Crippen LogP contribution is -2.27. The number of benzene rings is 1. The van der Waals surface area contributed by atoms with Crippen LogP contribution < -0.4 is 11.3 Å². The highest BCUT2D eigenvalue weighted by molar-refractivity contribution is 9.10. The number of nitrogens with zero attached hydrogens (tertiary/aromatic N) is 7. The highest BCUT2D eigenvalue weighted by Crippen LogP contribution is 2.26. The van der Waals surface area contributed by atoms with Crippen LogP contribution in [0.3, 0.4) is 0 Å². The molecule has 1 aromatic carbocycles. The third-order valence-electron chi connectivity index (χ3n) is 5.21. The van der Waals surface area contributed by atoms with Gasteiger partial charge in [0.15, 0.2) is 11.3 Å². The molecule has 0 bridgehead atoms. The molecular formula is C21H17BrN8O. The first-order chi connectivity index (χ1) is 15.0. The molecule has 0 spiro atoms. The van der Waals surface area contributed by atoms with Crippen molar-refractivity contribution in [2.75, 3.05) is 5.73 Å². The molecule has 0 aliphatic rings. The van der Waals surface area contributed by atoms with E-state index in [1.807, 2.05) is 44.2 Å². The summed E-state index contributed by atoms with van der Waals surface area (Å²) in [4.78, 5) is 31.1. The van der Waals surface area contributed by atoms with Gasteiger partial charge in [0.05, 0.1) is 16.5 Å². The summed E-state index contributed by atoms with van der Waals surface area (Å²) in [7, 11) is 0. The minimum atomic E-state index is -0.176. The van der Waals surface area contributed by atoms with E-state index in [9.17, 15) is 4.79 Å². The molecule has 154 valence electrons. The van der Waals surface area contributed by atoms with Crippen LogP contribution in [0, 0.1) is 13.8 Å². The summed E-state index contributed by atoms with van der Waals surface area (Å²) in [5, 5.41) is 5.61. The molecular weight excluding hydrogens is 460 g/mol. The molecule has 10 heteroatoms. The van der Waals surface area contributed by atoms with Gasteiger partial charge in [0.1, 0.15) is 29.1 Å². The Morgan fingerprint density at radius 1 is 1.03 bits per heavy atom. The van der Waals surface area contributed by atoms with Crippen molar-refractivity contribution >= 4 is 43.8 Å². The number of pyridine rings is 1. The van der Waals surface area contributed by atoms with Crippen LogP contribution in [0.15, 0.2) is 52.3 Å². The van der Waals surface area contributed by atoms with Crippen LogP contribution in [0.1, 0.15) is 17.0 Å². The monoisotopic (exact) mass is 476 g/mol. The van der Waals surface area contributed by atoms with Crippen molar-refractivity contribution < 1.29 is 0 Å². The Morgan fingerprint density at radius 2 is 1.84 bits per heavy atom. The number of rotatable bonds is 3. The average Bonchev–Trinajstić information content (AvgIpc) is 3.05. The lowest BCUT2D eigenvalue weighted by atomic mass is 10.1. The van der Waals surface area contributed by atoms with Crippen LogP contribution in [0.25, 0.3) is 27.8 Å². The number of hydrogen-bond acceptors (Lipinski definition) is 7. The van der Waals surface area contributed by atoms with E-state index in [0.717, 1.165) is 16.8 Å². The molecule has 5 rings (SSSR count). The number of aryl methyl sites for hydroxylation is 2. The fourth-order valence-electron chi connectivity index (χ4n) is 3.69. The van der Waals surface area contributed by atoms with Gasteiger partial charge in [-0.15, -0.1) is 0 Å². The summed E-state index contributed by atoms with van der Waals surface area (Å²) in [6.07, 6.45) is 3.04. The maximum Gasteiger partial charge on any atom is 0.267 e. The first-order valence-electron chi connectivity index (χ1n) is 9.51. The van der Waals surface area contributed by atoms with Crippen molar-refractivity contribution in [1.29, 1.82) is 0 Å². The van der Waals surface area contributed by atoms with E-state index in [1.165, 1.54) is 6.33 Å². The molecule has 9 nitrogen and oxygen atoms in total. The van der Waals surface area contributed by atoms with Crippen LogP contribution in [0.5, 0.6) is 0 Å². The number of fused-ring (bicyclic) bond motifs is 2. The summed E-state index contributed by atoms with van der Waals surface area (Å²) in [5.74, 6) is 0.808. The number of hydrogen-bond donors (Lipinski definition) is 1. The van der Waals surface area contributed by atoms with Gasteiger partial charge in [0, 0.05) is 6.20 Å². The first kappa shape index (κ1) is 19.3. The predicted octanol–water partition coefficient (Wildman–Crippen LogP) is 2.93. The summed E-state index contributed by atoms with van der Waals surface area (Å²) in [5.41, 5.74) is 9.30. The second kappa shape index (κ2) is 7.24. The van der Waals surface area contributed by atoms with Gasteiger partial charge in [-0.05, 0) is 53.0 Å². The Bertz CT molecular complexity index is 1540. The summed E-state index contributed by atoms with van der Waals surface area (Å²) in [6, 6.07) is 9.50. The molecule has 5 aromatic rings. The molecule has 0 atom stereocenters. The molecule has 0 saturated heterocycles. The minimum absolute atomic E-state index is 0.176. The van der Waals surface area contributed by atoms with Crippen LogP contribution >= 0.6 is 15.9 Å². The predicted molar refractivity (Wildman–Crippen MR) is 121 cm³/mol. The number of nitrogen functional groups attached to an aromatic ring is 1. The summed E-state index contributed by atoms with van der Waals surface area (Å²) in [6.45, 7) is 4.03. The third-order valence-corrected chi connectivity index (χ3v) is 5.77. The van der Waals surface area contributed by atoms with Crippen LogP contribution in [0.4, 0.5) is 5.82 Å². The van der Waals surface area contributed by atoms with E-state index in [2.05, 4.69) is 36.0 Å². The fraction of sp³-hybridized carbons (Fsp3) is 0.143. The average molecular weight is 477 g/mol. The van der Waals surface area contributed by atoms with E-state index in [1.54, 1.807) is 15.4 Å². The maximum atomic E-state index is 13.6. The smallest absolute Gasteiger partial charge is 0.267 e. The number of para-hydroxylation sites is 1. The van der Waals surface area contributed by atoms with E-state index >= 15 is 0 Å². The molecule has 0 saturated carbocycles. The standard InChI is InChI=1S/C21H17BrN8O/c1-11-5-3-4-6-13(11)30-14(27-19-15(21(30)31)12(2)7-8-24-19)9-29-20-16(17(22)28-29)18(23)25-10-26-20/h3-8,10H,9H2,1-2H3,(H2,23,25,26). The fourth-order valence-corrected chi connectivity index (χ4v) is 4.27. The molecule has 2 N–H and O–H groups in total. The second-order valence-corrected chi connectivity index (χ2v) is 7.94. The number of aromatic nitrogens is 7. The molecule has 31 heavy (non-hydrogen) atoms. The maximum absolute atomic E-state index is 13.6. The van der Waals surface area contributed by atoms with Crippen LogP contribution in [-0.4, -0.2) is 34.3 Å². The lowest BCUT2D eigenvalue weighted by Gasteiger charge is -2.16. The van der Waals surface area contributed by atoms with Gasteiger partial charge in [0.25, 0.3) is 5.56 Å². The van der Waals surface area contributed by atoms with Crippen LogP contribution in [-0.2, 0) is 6.54 Å². The quantitative estimate of drug-likeness (QED) is 0.425. The van der Waals surface area contributed by atoms with E-state index in [4.69, 9.17) is 10.7 Å². The number of nitrogens with two attached hydrogens (primary N) is 1. The lowest BCUT2D eigenvalue weighted by molar-refractivity contribution is 0.644. The molecule has 0 aliphatic carbocycles. The highest BCUT2D eigenvalue weighted by atomic mass is 79.9. The van der Waals surface area contributed by atoms with Gasteiger partial charge in [-0.25, -0.2) is 24.6 Å². The van der Waals surface area contributed by atoms with Gasteiger partial charge in [-0.1, -0.05) is 18.2 Å². The van der Waals surface area contributed by atoms with Crippen molar-refractivity contribution in [3.63, 3.8) is 0 Å². The summed E-state index contributed by atoms with van der Waals surface area (Å²) < 4.78 is 3.80. The Kier molecular flexibility index (Phi) is 4.51. The molecule has 0 amide bonds. The van der Waals surface area contributed by atoms with E-state index in [0.29, 0.717) is 38.3 Å². The zero-order valence-corrected chi connectivity index (χ0v) is 18.3. The van der Waals surface area contributed by atoms with Crippen LogP contribution in [0.2, 0.25) is 0 Å². The summed E-state index contributed by atoms with van der Waals surface area (Å²) >= 11 is 3.43. The highest BCUT2D eigenvalue weighted by Gasteiger charge is 2.20. The topological polar surface area (TPSA) is 117 Å². The Labute approximate surface area is 184 Å². The van der Waals surface area contributed by atoms with E-state index < -0.39 is 0 Å². The Balaban J connectivity index is 1.82. The van der Waals surface area contributed by atoms with Gasteiger partial charge in [0.2, 0.25) is 0 Å². The molecule has 4 heterocycles. The molecule has 0 fully saturated rings. The van der Waals surface area contributed by atoms with Crippen molar-refractivity contribution in [2.45, 2.75) is 20.4 Å². The van der Waals surface area contributed by atoms with Gasteiger partial charge in [-0.2, -0.15) is 5.10 Å². The molecule has 0 radical (unpaired) electrons. The van der Waals surface area contributed by atoms with Crippen molar-refractivity contribution in [3.8, 4) is 5.69 Å². The SMILES string of the molecule is Cc1ccccc1-n1c(Cn2nc(Br)c3c(N)ncnc32)nc2nccc(C)c2c1=O. The first-order valence-corrected chi connectivity index (χ1v) is 10.3. The Morgan fingerprint density at radius 3 is 2.65 bits per heavy atom. The number of anilines is 1. The normalized spacial score (nSPS) is 11.5. The number of halogens is 1. The zero-order chi connectivity index (χ0) is 21.7. The molecule has 0 aliphatic heterocycles. The van der Waals surface area contributed by atoms with Crippen molar-refractivity contribution in [1.82, 2.24) is 34.3 Å². The Hall–Kier alpha value is -3.66. The molecule has 0 unspecified atom stereocenters. The van der Waals surface area contributed by atoms with Gasteiger partial charge >= 0.3 is 0 Å². The minimum Gasteiger partial charge on any atom is -0.383 e. The van der Waals surface area contributed by atoms with Crippen molar-refractivity contribution in [3.05, 3.63) is 74.8 Å². The van der Waals surface area contributed by atoms with Gasteiger partial charge < -0.3 is 5.73 Å².